The van der Waals surface area contributed by atoms with Crippen LogP contribution >= 0.6 is 12.2 Å². The molecule has 0 radical (unpaired) electrons. The number of nitrogens with one attached hydrogen (secondary N) is 3. The minimum atomic E-state index is -0.760. The van der Waals surface area contributed by atoms with Crippen molar-refractivity contribution in [2.45, 2.75) is 6.10 Å². The van der Waals surface area contributed by atoms with Gasteiger partial charge < -0.3 is 20.1 Å². The maximum Gasteiger partial charge on any atom is 0.192 e. The topological polar surface area (TPSA) is 86.0 Å². The summed E-state index contributed by atoms with van der Waals surface area (Å²) in [6, 6.07) is 7.46. The quantitative estimate of drug-likeness (QED) is 0.618. The fourth-order valence-electron chi connectivity index (χ4n) is 1.49. The second-order valence-electron chi connectivity index (χ2n) is 3.69. The molecule has 6 nitrogen and oxygen atoms in total. The summed E-state index contributed by atoms with van der Waals surface area (Å²) in [5.74, 6) is 1.17. The van der Waals surface area contributed by atoms with Crippen LogP contribution in [0.2, 0.25) is 0 Å². The number of H-pyrrole nitrogens is 2. The van der Waals surface area contributed by atoms with Crippen LogP contribution in [0.25, 0.3) is 0 Å². The molecule has 2 rings (SSSR count). The maximum absolute atomic E-state index is 9.87. The first kappa shape index (κ1) is 12.6. The third-order valence-electron chi connectivity index (χ3n) is 2.40. The third kappa shape index (κ3) is 3.08. The van der Waals surface area contributed by atoms with E-state index in [1.54, 1.807) is 7.11 Å². The molecule has 1 aromatic carbocycles. The number of aliphatic hydroxyl groups excluding tert-OH is 1. The number of nitrogens with zero attached hydrogens (tertiary/aromatic N) is 1. The molecule has 7 heteroatoms. The van der Waals surface area contributed by atoms with Crippen LogP contribution in [0.3, 0.4) is 0 Å². The van der Waals surface area contributed by atoms with Crippen molar-refractivity contribution in [2.24, 2.45) is 0 Å². The van der Waals surface area contributed by atoms with E-state index < -0.39 is 6.10 Å². The average Bonchev–Trinajstić information content (AvgIpc) is 2.83. The number of aromatic amines is 2. The molecular weight excluding hydrogens is 252 g/mol. The Morgan fingerprint density at radius 3 is 3.06 bits per heavy atom. The molecule has 18 heavy (non-hydrogen) atoms. The molecule has 0 saturated heterocycles. The second-order valence-corrected chi connectivity index (χ2v) is 4.10. The van der Waals surface area contributed by atoms with Crippen molar-refractivity contribution in [3.63, 3.8) is 0 Å². The Hall–Kier alpha value is -1.86. The lowest BCUT2D eigenvalue weighted by atomic mass is 10.2. The average molecular weight is 266 g/mol. The summed E-state index contributed by atoms with van der Waals surface area (Å²) < 4.78 is 5.50. The van der Waals surface area contributed by atoms with Crippen LogP contribution < -0.4 is 10.1 Å². The standard InChI is InChI=1S/C11H14N4O2S/c1-17-8-4-2-3-7(5-8)12-6-9(16)10-13-11(18)15-14-10/h2-5,9,12,16H,6H2,1H3,(H2,13,14,15,18). The second kappa shape index (κ2) is 5.65. The molecule has 2 aromatic rings. The van der Waals surface area contributed by atoms with E-state index in [1.807, 2.05) is 24.3 Å². The lowest BCUT2D eigenvalue weighted by molar-refractivity contribution is 0.182. The molecule has 96 valence electrons. The first-order valence-electron chi connectivity index (χ1n) is 5.39. The van der Waals surface area contributed by atoms with Gasteiger partial charge in [-0.3, -0.25) is 5.10 Å². The van der Waals surface area contributed by atoms with Gasteiger partial charge in [0.25, 0.3) is 0 Å². The lowest BCUT2D eigenvalue weighted by Gasteiger charge is -2.11. The number of benzene rings is 1. The van der Waals surface area contributed by atoms with Crippen molar-refractivity contribution < 1.29 is 9.84 Å². The van der Waals surface area contributed by atoms with Crippen molar-refractivity contribution >= 4 is 17.9 Å². The SMILES string of the molecule is COc1cccc(NCC(O)c2n[nH]c(=S)[nH]2)c1. The Labute approximate surface area is 109 Å². The summed E-state index contributed by atoms with van der Waals surface area (Å²) in [6.07, 6.45) is -0.760. The number of anilines is 1. The molecule has 1 atom stereocenters. The summed E-state index contributed by atoms with van der Waals surface area (Å²) in [5.41, 5.74) is 0.863. The first-order chi connectivity index (χ1) is 8.69. The highest BCUT2D eigenvalue weighted by Gasteiger charge is 2.10. The fourth-order valence-corrected chi connectivity index (χ4v) is 1.64. The Morgan fingerprint density at radius 1 is 1.56 bits per heavy atom. The molecule has 1 aromatic heterocycles. The summed E-state index contributed by atoms with van der Waals surface area (Å²) in [4.78, 5) is 2.77. The molecule has 0 aliphatic heterocycles. The normalized spacial score (nSPS) is 12.1. The van der Waals surface area contributed by atoms with Gasteiger partial charge in [-0.2, -0.15) is 5.10 Å². The Bertz CT molecular complexity index is 566. The van der Waals surface area contributed by atoms with Gasteiger partial charge in [0.1, 0.15) is 11.9 Å². The summed E-state index contributed by atoms with van der Waals surface area (Å²) >= 11 is 4.84. The van der Waals surface area contributed by atoms with Crippen molar-refractivity contribution in [2.75, 3.05) is 19.0 Å². The van der Waals surface area contributed by atoms with E-state index in [-0.39, 0.29) is 0 Å². The van der Waals surface area contributed by atoms with Crippen LogP contribution in [0.15, 0.2) is 24.3 Å². The van der Waals surface area contributed by atoms with Gasteiger partial charge in [0, 0.05) is 18.3 Å². The van der Waals surface area contributed by atoms with E-state index in [0.29, 0.717) is 17.1 Å². The molecule has 0 aliphatic rings. The molecule has 0 spiro atoms. The highest BCUT2D eigenvalue weighted by atomic mass is 32.1. The van der Waals surface area contributed by atoms with E-state index in [9.17, 15) is 5.11 Å². The van der Waals surface area contributed by atoms with Gasteiger partial charge in [0.2, 0.25) is 0 Å². The summed E-state index contributed by atoms with van der Waals surface area (Å²) in [6.45, 7) is 0.323. The first-order valence-corrected chi connectivity index (χ1v) is 5.80. The highest BCUT2D eigenvalue weighted by molar-refractivity contribution is 7.71. The molecule has 0 fully saturated rings. The predicted octanol–water partition coefficient (Wildman–Crippen LogP) is 1.62. The van der Waals surface area contributed by atoms with E-state index in [1.165, 1.54) is 0 Å². The molecule has 0 saturated carbocycles. The van der Waals surface area contributed by atoms with Gasteiger partial charge in [-0.15, -0.1) is 0 Å². The maximum atomic E-state index is 9.87. The zero-order valence-corrected chi connectivity index (χ0v) is 10.6. The highest BCUT2D eigenvalue weighted by Crippen LogP contribution is 2.17. The number of rotatable bonds is 5. The number of hydrogen-bond donors (Lipinski definition) is 4. The van der Waals surface area contributed by atoms with Gasteiger partial charge in [-0.1, -0.05) is 6.07 Å². The summed E-state index contributed by atoms with van der Waals surface area (Å²) in [7, 11) is 1.61. The van der Waals surface area contributed by atoms with Crippen molar-refractivity contribution in [1.29, 1.82) is 0 Å². The zero-order valence-electron chi connectivity index (χ0n) is 9.80. The predicted molar refractivity (Wildman–Crippen MR) is 70.2 cm³/mol. The Kier molecular flexibility index (Phi) is 3.96. The third-order valence-corrected chi connectivity index (χ3v) is 2.60. The Balaban J connectivity index is 1.96. The molecule has 1 unspecified atom stereocenters. The van der Waals surface area contributed by atoms with Crippen molar-refractivity contribution in [3.8, 4) is 5.75 Å². The number of aromatic nitrogens is 3. The van der Waals surface area contributed by atoms with Gasteiger partial charge in [-0.25, -0.2) is 0 Å². The van der Waals surface area contributed by atoms with Crippen molar-refractivity contribution in [3.05, 3.63) is 34.9 Å². The van der Waals surface area contributed by atoms with Gasteiger partial charge in [0.15, 0.2) is 10.6 Å². The fraction of sp³-hybridized carbons (Fsp3) is 0.273. The number of ether oxygens (including phenoxy) is 1. The van der Waals surface area contributed by atoms with Crippen molar-refractivity contribution in [1.82, 2.24) is 15.2 Å². The molecular formula is C11H14N4O2S. The monoisotopic (exact) mass is 266 g/mol. The molecule has 0 aliphatic carbocycles. The molecule has 1 heterocycles. The summed E-state index contributed by atoms with van der Waals surface area (Å²) in [5, 5.41) is 19.4. The zero-order chi connectivity index (χ0) is 13.0. The van der Waals surface area contributed by atoms with E-state index in [2.05, 4.69) is 20.5 Å². The van der Waals surface area contributed by atoms with Crippen LogP contribution in [-0.4, -0.2) is 33.9 Å². The largest absolute Gasteiger partial charge is 0.497 e. The van der Waals surface area contributed by atoms with Gasteiger partial charge in [-0.05, 0) is 24.4 Å². The number of aliphatic hydroxyl groups is 1. The minimum Gasteiger partial charge on any atom is -0.497 e. The van der Waals surface area contributed by atoms with Crippen LogP contribution in [-0.2, 0) is 0 Å². The number of hydrogen-bond acceptors (Lipinski definition) is 5. The molecule has 0 amide bonds. The molecule has 0 bridgehead atoms. The van der Waals surface area contributed by atoms with E-state index in [4.69, 9.17) is 17.0 Å². The molecule has 4 N–H and O–H groups in total. The van der Waals surface area contributed by atoms with Crippen LogP contribution in [0.1, 0.15) is 11.9 Å². The van der Waals surface area contributed by atoms with E-state index >= 15 is 0 Å². The van der Waals surface area contributed by atoms with E-state index in [0.717, 1.165) is 11.4 Å². The Morgan fingerprint density at radius 2 is 2.39 bits per heavy atom. The van der Waals surface area contributed by atoms with Gasteiger partial charge in [0.05, 0.1) is 7.11 Å². The minimum absolute atomic E-state index is 0.323. The van der Waals surface area contributed by atoms with Crippen LogP contribution in [0, 0.1) is 4.77 Å². The lowest BCUT2D eigenvalue weighted by Crippen LogP contribution is -2.13. The van der Waals surface area contributed by atoms with Crippen LogP contribution in [0.5, 0.6) is 5.75 Å². The number of methoxy groups -OCH3 is 1. The smallest absolute Gasteiger partial charge is 0.192 e. The van der Waals surface area contributed by atoms with Crippen LogP contribution in [0.4, 0.5) is 5.69 Å². The van der Waals surface area contributed by atoms with Gasteiger partial charge >= 0.3 is 0 Å².